The van der Waals surface area contributed by atoms with Gasteiger partial charge >= 0.3 is 6.18 Å². The van der Waals surface area contributed by atoms with Crippen LogP contribution in [0.5, 0.6) is 0 Å². The molecule has 1 amide bonds. The van der Waals surface area contributed by atoms with Crippen molar-refractivity contribution in [2.24, 2.45) is 10.9 Å². The van der Waals surface area contributed by atoms with Crippen molar-refractivity contribution < 1.29 is 23.2 Å². The van der Waals surface area contributed by atoms with E-state index in [0.717, 1.165) is 0 Å². The maximum Gasteiger partial charge on any atom is 0.397 e. The SMILES string of the molecule is CSC1(C(N)=NO)CCN(C(=O)CC(F)(F)F)CC1. The van der Waals surface area contributed by atoms with Gasteiger partial charge in [0.1, 0.15) is 6.42 Å². The van der Waals surface area contributed by atoms with Crippen LogP contribution in [0.3, 0.4) is 0 Å². The molecular formula is C10H16F3N3O2S. The lowest BCUT2D eigenvalue weighted by Crippen LogP contribution is -2.51. The molecule has 0 atom stereocenters. The van der Waals surface area contributed by atoms with E-state index in [2.05, 4.69) is 5.16 Å². The zero-order chi connectivity index (χ0) is 14.7. The Balaban J connectivity index is 2.64. The smallest absolute Gasteiger partial charge is 0.397 e. The van der Waals surface area contributed by atoms with Crippen molar-refractivity contribution in [2.45, 2.75) is 30.2 Å². The van der Waals surface area contributed by atoms with Crippen LogP contribution in [0.2, 0.25) is 0 Å². The molecule has 0 saturated carbocycles. The summed E-state index contributed by atoms with van der Waals surface area (Å²) in [5.41, 5.74) is 5.61. The fourth-order valence-corrected chi connectivity index (χ4v) is 2.90. The second-order valence-electron chi connectivity index (χ2n) is 4.36. The number of carbonyl (C=O) groups excluding carboxylic acids is 1. The summed E-state index contributed by atoms with van der Waals surface area (Å²) < 4.78 is 35.8. The number of alkyl halides is 3. The van der Waals surface area contributed by atoms with Crippen molar-refractivity contribution >= 4 is 23.5 Å². The number of piperidine rings is 1. The van der Waals surface area contributed by atoms with Crippen molar-refractivity contribution in [1.29, 1.82) is 0 Å². The third kappa shape index (κ3) is 3.92. The van der Waals surface area contributed by atoms with E-state index >= 15 is 0 Å². The van der Waals surface area contributed by atoms with Crippen LogP contribution in [-0.2, 0) is 4.79 Å². The topological polar surface area (TPSA) is 78.9 Å². The number of rotatable bonds is 3. The fraction of sp³-hybridized carbons (Fsp3) is 0.800. The Hall–Kier alpha value is -1.12. The summed E-state index contributed by atoms with van der Waals surface area (Å²) in [6.45, 7) is 0.345. The Bertz CT molecular complexity index is 366. The average molecular weight is 299 g/mol. The molecule has 0 aromatic rings. The molecule has 1 aliphatic rings. The van der Waals surface area contributed by atoms with Crippen molar-refractivity contribution in [2.75, 3.05) is 19.3 Å². The summed E-state index contributed by atoms with van der Waals surface area (Å²) in [5, 5.41) is 11.7. The lowest BCUT2D eigenvalue weighted by Gasteiger charge is -2.39. The number of carbonyl (C=O) groups is 1. The molecule has 0 aromatic heterocycles. The monoisotopic (exact) mass is 299 g/mol. The molecule has 19 heavy (non-hydrogen) atoms. The molecule has 0 spiro atoms. The largest absolute Gasteiger partial charge is 0.409 e. The molecule has 5 nitrogen and oxygen atoms in total. The number of oxime groups is 1. The number of likely N-dealkylation sites (tertiary alicyclic amines) is 1. The summed E-state index contributed by atoms with van der Waals surface area (Å²) in [5.74, 6) is -0.885. The van der Waals surface area contributed by atoms with Gasteiger partial charge in [-0.15, -0.1) is 0 Å². The van der Waals surface area contributed by atoms with E-state index in [4.69, 9.17) is 10.9 Å². The predicted octanol–water partition coefficient (Wildman–Crippen LogP) is 1.41. The van der Waals surface area contributed by atoms with Crippen molar-refractivity contribution in [1.82, 2.24) is 4.90 Å². The Morgan fingerprint density at radius 2 is 2.00 bits per heavy atom. The van der Waals surface area contributed by atoms with Gasteiger partial charge in [-0.3, -0.25) is 4.79 Å². The van der Waals surface area contributed by atoms with Gasteiger partial charge in [0, 0.05) is 13.1 Å². The molecule has 3 N–H and O–H groups in total. The standard InChI is InChI=1S/C10H16F3N3O2S/c1-19-9(8(14)15-18)2-4-16(5-3-9)7(17)6-10(11,12)13/h18H,2-6H2,1H3,(H2,14,15). The summed E-state index contributed by atoms with van der Waals surface area (Å²) in [7, 11) is 0. The first kappa shape index (κ1) is 15.9. The molecule has 0 aliphatic carbocycles. The summed E-state index contributed by atoms with van der Waals surface area (Å²) in [6.07, 6.45) is -3.41. The highest BCUT2D eigenvalue weighted by Crippen LogP contribution is 2.35. The van der Waals surface area contributed by atoms with Crippen LogP contribution >= 0.6 is 11.8 Å². The molecule has 1 aliphatic heterocycles. The van der Waals surface area contributed by atoms with E-state index in [0.29, 0.717) is 12.8 Å². The maximum atomic E-state index is 12.1. The molecule has 0 bridgehead atoms. The highest BCUT2D eigenvalue weighted by Gasteiger charge is 2.41. The molecule has 9 heteroatoms. The van der Waals surface area contributed by atoms with Crippen molar-refractivity contribution in [3.63, 3.8) is 0 Å². The zero-order valence-electron chi connectivity index (χ0n) is 10.4. The number of hydrogen-bond acceptors (Lipinski definition) is 4. The van der Waals surface area contributed by atoms with Crippen LogP contribution in [0.25, 0.3) is 0 Å². The van der Waals surface area contributed by atoms with Gasteiger partial charge in [0.2, 0.25) is 5.91 Å². The first-order valence-electron chi connectivity index (χ1n) is 5.62. The predicted molar refractivity (Wildman–Crippen MR) is 66.1 cm³/mol. The Kier molecular flexibility index (Phi) is 4.94. The lowest BCUT2D eigenvalue weighted by molar-refractivity contribution is -0.162. The third-order valence-corrected chi connectivity index (χ3v) is 4.64. The van der Waals surface area contributed by atoms with Crippen LogP contribution in [0.4, 0.5) is 13.2 Å². The van der Waals surface area contributed by atoms with E-state index in [1.165, 1.54) is 16.7 Å². The van der Waals surface area contributed by atoms with Gasteiger partial charge in [-0.05, 0) is 19.1 Å². The maximum absolute atomic E-state index is 12.1. The highest BCUT2D eigenvalue weighted by atomic mass is 32.2. The molecular weight excluding hydrogens is 283 g/mol. The number of halogens is 3. The van der Waals surface area contributed by atoms with Gasteiger partial charge in [0.15, 0.2) is 5.84 Å². The van der Waals surface area contributed by atoms with Crippen molar-refractivity contribution in [3.8, 4) is 0 Å². The van der Waals surface area contributed by atoms with Crippen LogP contribution in [0.1, 0.15) is 19.3 Å². The van der Waals surface area contributed by atoms with E-state index in [9.17, 15) is 18.0 Å². The van der Waals surface area contributed by atoms with E-state index in [-0.39, 0.29) is 18.9 Å². The van der Waals surface area contributed by atoms with Gasteiger partial charge in [-0.25, -0.2) is 0 Å². The third-order valence-electron chi connectivity index (χ3n) is 3.24. The molecule has 1 fully saturated rings. The normalized spacial score (nSPS) is 20.4. The second kappa shape index (κ2) is 5.89. The van der Waals surface area contributed by atoms with Gasteiger partial charge < -0.3 is 15.8 Å². The van der Waals surface area contributed by atoms with E-state index in [1.807, 2.05) is 0 Å². The quantitative estimate of drug-likeness (QED) is 0.357. The van der Waals surface area contributed by atoms with Crippen LogP contribution < -0.4 is 5.73 Å². The fourth-order valence-electron chi connectivity index (χ4n) is 2.06. The first-order chi connectivity index (χ1) is 8.74. The second-order valence-corrected chi connectivity index (χ2v) is 5.55. The molecule has 1 heterocycles. The number of amidine groups is 1. The number of hydrogen-bond donors (Lipinski definition) is 2. The van der Waals surface area contributed by atoms with Crippen LogP contribution in [0, 0.1) is 0 Å². The molecule has 0 aromatic carbocycles. The highest BCUT2D eigenvalue weighted by molar-refractivity contribution is 8.00. The Labute approximate surface area is 113 Å². The zero-order valence-corrected chi connectivity index (χ0v) is 11.2. The average Bonchev–Trinajstić information content (AvgIpc) is 2.35. The Morgan fingerprint density at radius 3 is 2.37 bits per heavy atom. The molecule has 0 radical (unpaired) electrons. The summed E-state index contributed by atoms with van der Waals surface area (Å²) >= 11 is 1.38. The molecule has 110 valence electrons. The number of nitrogens with zero attached hydrogens (tertiary/aromatic N) is 2. The van der Waals surface area contributed by atoms with Crippen LogP contribution in [0.15, 0.2) is 5.16 Å². The van der Waals surface area contributed by atoms with E-state index < -0.39 is 23.3 Å². The van der Waals surface area contributed by atoms with Crippen LogP contribution in [-0.4, -0.2) is 52.1 Å². The number of nitrogens with two attached hydrogens (primary N) is 1. The number of amides is 1. The number of thioether (sulfide) groups is 1. The minimum atomic E-state index is -4.49. The summed E-state index contributed by atoms with van der Waals surface area (Å²) in [6, 6.07) is 0. The summed E-state index contributed by atoms with van der Waals surface area (Å²) in [4.78, 5) is 12.6. The lowest BCUT2D eigenvalue weighted by atomic mass is 9.94. The molecule has 1 saturated heterocycles. The molecule has 0 unspecified atom stereocenters. The van der Waals surface area contributed by atoms with Gasteiger partial charge in [0.25, 0.3) is 0 Å². The Morgan fingerprint density at radius 1 is 1.47 bits per heavy atom. The van der Waals surface area contributed by atoms with Crippen molar-refractivity contribution in [3.05, 3.63) is 0 Å². The van der Waals surface area contributed by atoms with E-state index in [1.54, 1.807) is 6.26 Å². The van der Waals surface area contributed by atoms with Gasteiger partial charge in [-0.1, -0.05) is 5.16 Å². The van der Waals surface area contributed by atoms with Gasteiger partial charge in [-0.2, -0.15) is 24.9 Å². The minimum Gasteiger partial charge on any atom is -0.409 e. The minimum absolute atomic E-state index is 0.0444. The van der Waals surface area contributed by atoms with Gasteiger partial charge in [0.05, 0.1) is 4.75 Å². The first-order valence-corrected chi connectivity index (χ1v) is 6.84. The molecule has 1 rings (SSSR count).